The number of rotatable bonds is 10. The van der Waals surface area contributed by atoms with Gasteiger partial charge in [-0.15, -0.1) is 0 Å². The minimum Gasteiger partial charge on any atom is -0.286 e. The largest absolute Gasteiger partial charge is 0.433 e. The number of amides is 2. The van der Waals surface area contributed by atoms with E-state index < -0.39 is 48.8 Å². The first-order valence-electron chi connectivity index (χ1n) is 7.86. The zero-order valence-corrected chi connectivity index (χ0v) is 14.2. The summed E-state index contributed by atoms with van der Waals surface area (Å²) in [6, 6.07) is 0.615. The Morgan fingerprint density at radius 3 is 2.50 bits per heavy atom. The Balaban J connectivity index is 2.66. The number of unbranched alkanes of at least 4 members (excludes halogenated alkanes) is 1. The van der Waals surface area contributed by atoms with Crippen molar-refractivity contribution in [3.63, 3.8) is 0 Å². The van der Waals surface area contributed by atoms with Gasteiger partial charge in [0.1, 0.15) is 5.69 Å². The second-order valence-electron chi connectivity index (χ2n) is 5.66. The predicted octanol–water partition coefficient (Wildman–Crippen LogP) is 2.53. The Bertz CT molecular complexity index is 655. The number of nitrogens with zero attached hydrogens (tertiary/aromatic N) is 3. The van der Waals surface area contributed by atoms with Gasteiger partial charge in [-0.3, -0.25) is 25.6 Å². The van der Waals surface area contributed by atoms with Crippen LogP contribution in [0.25, 0.3) is 0 Å². The molecule has 0 fully saturated rings. The Morgan fingerprint density at radius 1 is 1.25 bits per heavy atom. The SMILES string of the molecule is O=CN(O)CC(CCCCC(F)(F)F)C(=O)NNc1nccc(C(F)(F)F)n1. The topological polar surface area (TPSA) is 107 Å². The summed E-state index contributed by atoms with van der Waals surface area (Å²) in [5.41, 5.74) is 2.80. The molecule has 28 heavy (non-hydrogen) atoms. The van der Waals surface area contributed by atoms with Gasteiger partial charge in [-0.1, -0.05) is 6.42 Å². The summed E-state index contributed by atoms with van der Waals surface area (Å²) in [6.45, 7) is -0.521. The molecule has 0 aliphatic carbocycles. The van der Waals surface area contributed by atoms with E-state index in [2.05, 4.69) is 15.4 Å². The lowest BCUT2D eigenvalue weighted by molar-refractivity contribution is -0.154. The average Bonchev–Trinajstić information content (AvgIpc) is 2.60. The highest BCUT2D eigenvalue weighted by atomic mass is 19.4. The van der Waals surface area contributed by atoms with E-state index in [1.807, 2.05) is 5.43 Å². The highest BCUT2D eigenvalue weighted by Crippen LogP contribution is 2.27. The summed E-state index contributed by atoms with van der Waals surface area (Å²) in [7, 11) is 0. The van der Waals surface area contributed by atoms with Gasteiger partial charge >= 0.3 is 12.4 Å². The lowest BCUT2D eigenvalue weighted by Crippen LogP contribution is -2.40. The molecule has 0 radical (unpaired) electrons. The number of aromatic nitrogens is 2. The molecule has 1 atom stereocenters. The van der Waals surface area contributed by atoms with Crippen LogP contribution < -0.4 is 10.9 Å². The third-order valence-electron chi connectivity index (χ3n) is 3.41. The van der Waals surface area contributed by atoms with Crippen LogP contribution in [0.3, 0.4) is 0 Å². The van der Waals surface area contributed by atoms with E-state index in [4.69, 9.17) is 0 Å². The molecular formula is C14H17F6N5O3. The molecular weight excluding hydrogens is 400 g/mol. The minimum absolute atomic E-state index is 0.000657. The van der Waals surface area contributed by atoms with Gasteiger partial charge in [0.15, 0.2) is 0 Å². The van der Waals surface area contributed by atoms with Crippen molar-refractivity contribution in [1.82, 2.24) is 20.5 Å². The number of nitrogens with one attached hydrogen (secondary N) is 2. The van der Waals surface area contributed by atoms with Crippen LogP contribution in [0.15, 0.2) is 12.3 Å². The Morgan fingerprint density at radius 2 is 1.93 bits per heavy atom. The molecule has 0 spiro atoms. The second kappa shape index (κ2) is 10.1. The number of hydrazine groups is 1. The van der Waals surface area contributed by atoms with Crippen molar-refractivity contribution in [3.05, 3.63) is 18.0 Å². The van der Waals surface area contributed by atoms with Gasteiger partial charge in [0.25, 0.3) is 0 Å². The van der Waals surface area contributed by atoms with E-state index in [-0.39, 0.29) is 30.7 Å². The molecule has 3 N–H and O–H groups in total. The van der Waals surface area contributed by atoms with Crippen molar-refractivity contribution < 1.29 is 41.1 Å². The number of anilines is 1. The molecule has 2 amide bonds. The molecule has 0 bridgehead atoms. The van der Waals surface area contributed by atoms with Crippen LogP contribution in [0, 0.1) is 5.92 Å². The molecule has 1 aromatic heterocycles. The molecule has 1 aromatic rings. The maximum Gasteiger partial charge on any atom is 0.433 e. The second-order valence-corrected chi connectivity index (χ2v) is 5.66. The summed E-state index contributed by atoms with van der Waals surface area (Å²) in [6.07, 6.45) is -9.77. The Hall–Kier alpha value is -2.64. The zero-order chi connectivity index (χ0) is 21.4. The number of hydroxylamine groups is 2. The summed E-state index contributed by atoms with van der Waals surface area (Å²) in [5, 5.41) is 9.34. The summed E-state index contributed by atoms with van der Waals surface area (Å²) < 4.78 is 74.2. The monoisotopic (exact) mass is 417 g/mol. The smallest absolute Gasteiger partial charge is 0.286 e. The van der Waals surface area contributed by atoms with E-state index in [0.29, 0.717) is 6.07 Å². The molecule has 1 rings (SSSR count). The summed E-state index contributed by atoms with van der Waals surface area (Å²) in [4.78, 5) is 29.2. The highest BCUT2D eigenvalue weighted by molar-refractivity contribution is 5.80. The van der Waals surface area contributed by atoms with Gasteiger partial charge < -0.3 is 0 Å². The first-order valence-corrected chi connectivity index (χ1v) is 7.86. The van der Waals surface area contributed by atoms with Gasteiger partial charge in [0.2, 0.25) is 18.3 Å². The van der Waals surface area contributed by atoms with Crippen molar-refractivity contribution in [2.24, 2.45) is 5.92 Å². The van der Waals surface area contributed by atoms with Crippen molar-refractivity contribution in [2.45, 2.75) is 38.0 Å². The number of halogens is 6. The fourth-order valence-electron chi connectivity index (χ4n) is 2.09. The first kappa shape index (κ1) is 23.4. The predicted molar refractivity (Wildman–Crippen MR) is 81.4 cm³/mol. The fourth-order valence-corrected chi connectivity index (χ4v) is 2.09. The molecule has 0 aliphatic rings. The van der Waals surface area contributed by atoms with E-state index in [1.54, 1.807) is 0 Å². The number of hydrogen-bond acceptors (Lipinski definition) is 6. The summed E-state index contributed by atoms with van der Waals surface area (Å²) >= 11 is 0. The number of carbonyl (C=O) groups is 2. The van der Waals surface area contributed by atoms with Crippen molar-refractivity contribution in [2.75, 3.05) is 12.0 Å². The van der Waals surface area contributed by atoms with E-state index >= 15 is 0 Å². The molecule has 0 aliphatic heterocycles. The van der Waals surface area contributed by atoms with Crippen LogP contribution >= 0.6 is 0 Å². The molecule has 0 aromatic carbocycles. The van der Waals surface area contributed by atoms with Gasteiger partial charge in [0, 0.05) is 12.6 Å². The lowest BCUT2D eigenvalue weighted by atomic mass is 10.00. The third-order valence-corrected chi connectivity index (χ3v) is 3.41. The zero-order valence-electron chi connectivity index (χ0n) is 14.2. The number of carbonyl (C=O) groups excluding carboxylic acids is 2. The van der Waals surface area contributed by atoms with Crippen LogP contribution in [0.5, 0.6) is 0 Å². The van der Waals surface area contributed by atoms with Gasteiger partial charge in [0.05, 0.1) is 12.5 Å². The molecule has 1 unspecified atom stereocenters. The Kier molecular flexibility index (Phi) is 8.40. The first-order chi connectivity index (χ1) is 12.9. The normalized spacial score (nSPS) is 13.0. The molecule has 0 saturated heterocycles. The van der Waals surface area contributed by atoms with Gasteiger partial charge in [-0.05, 0) is 18.9 Å². The number of hydrogen-bond donors (Lipinski definition) is 3. The van der Waals surface area contributed by atoms with E-state index in [1.165, 1.54) is 0 Å². The van der Waals surface area contributed by atoms with Gasteiger partial charge in [-0.2, -0.15) is 26.3 Å². The summed E-state index contributed by atoms with van der Waals surface area (Å²) in [5.74, 6) is -2.58. The van der Waals surface area contributed by atoms with Crippen LogP contribution in [0.4, 0.5) is 32.3 Å². The maximum absolute atomic E-state index is 12.6. The van der Waals surface area contributed by atoms with Crippen molar-refractivity contribution in [1.29, 1.82) is 0 Å². The standard InChI is InChI=1S/C14H17F6N5O3/c15-13(16,17)5-2-1-3-9(7-25(28)8-26)11(27)23-24-12-21-6-4-10(22-12)14(18,19)20/h4,6,8-9,28H,1-3,5,7H2,(H,23,27)(H,21,22,24). The van der Waals surface area contributed by atoms with Crippen LogP contribution in [-0.4, -0.2) is 45.3 Å². The Labute approximate surface area is 154 Å². The highest BCUT2D eigenvalue weighted by Gasteiger charge is 2.33. The lowest BCUT2D eigenvalue weighted by Gasteiger charge is -2.20. The fraction of sp³-hybridized carbons (Fsp3) is 0.571. The molecule has 8 nitrogen and oxygen atoms in total. The third kappa shape index (κ3) is 8.83. The average molecular weight is 417 g/mol. The molecule has 1 heterocycles. The van der Waals surface area contributed by atoms with Crippen LogP contribution in [-0.2, 0) is 15.8 Å². The van der Waals surface area contributed by atoms with E-state index in [9.17, 15) is 41.1 Å². The van der Waals surface area contributed by atoms with Crippen molar-refractivity contribution in [3.8, 4) is 0 Å². The molecule has 14 heteroatoms. The number of alkyl halides is 6. The van der Waals surface area contributed by atoms with Gasteiger partial charge in [-0.25, -0.2) is 15.0 Å². The van der Waals surface area contributed by atoms with E-state index in [0.717, 1.165) is 6.20 Å². The maximum atomic E-state index is 12.6. The quantitative estimate of drug-likeness (QED) is 0.178. The van der Waals surface area contributed by atoms with Crippen LogP contribution in [0.1, 0.15) is 31.4 Å². The molecule has 158 valence electrons. The van der Waals surface area contributed by atoms with Crippen LogP contribution in [0.2, 0.25) is 0 Å². The van der Waals surface area contributed by atoms with Crippen molar-refractivity contribution >= 4 is 18.3 Å². The molecule has 0 saturated carbocycles. The minimum atomic E-state index is -4.73.